The minimum Gasteiger partial charge on any atom is -0.454 e. The lowest BCUT2D eigenvalue weighted by Crippen LogP contribution is -2.21. The highest BCUT2D eigenvalue weighted by Gasteiger charge is 2.17. The van der Waals surface area contributed by atoms with Crippen molar-refractivity contribution in [1.29, 1.82) is 0 Å². The van der Waals surface area contributed by atoms with Gasteiger partial charge in [0.15, 0.2) is 11.5 Å². The maximum Gasteiger partial charge on any atom is 0.231 e. The summed E-state index contributed by atoms with van der Waals surface area (Å²) in [6, 6.07) is 3.71. The van der Waals surface area contributed by atoms with Gasteiger partial charge in [0.1, 0.15) is 0 Å². The van der Waals surface area contributed by atoms with Gasteiger partial charge in [0.25, 0.3) is 0 Å². The van der Waals surface area contributed by atoms with Crippen LogP contribution in [0.15, 0.2) is 12.1 Å². The highest BCUT2D eigenvalue weighted by Crippen LogP contribution is 2.35. The van der Waals surface area contributed by atoms with Crippen LogP contribution in [0.3, 0.4) is 0 Å². The first-order valence-electron chi connectivity index (χ1n) is 4.58. The number of aryl methyl sites for hydroxylation is 1. The number of fused-ring (bicyclic) bond motifs is 1. The summed E-state index contributed by atoms with van der Waals surface area (Å²) >= 11 is 0. The van der Waals surface area contributed by atoms with Crippen molar-refractivity contribution in [3.8, 4) is 11.5 Å². The van der Waals surface area contributed by atoms with Gasteiger partial charge in [-0.25, -0.2) is 0 Å². The Kier molecular flexibility index (Phi) is 2.31. The Labute approximate surface area is 82.8 Å². The van der Waals surface area contributed by atoms with Crippen LogP contribution >= 0.6 is 0 Å². The summed E-state index contributed by atoms with van der Waals surface area (Å²) in [5.41, 5.74) is 13.5. The molecule has 4 N–H and O–H groups in total. The van der Waals surface area contributed by atoms with E-state index in [9.17, 15) is 0 Å². The summed E-state index contributed by atoms with van der Waals surface area (Å²) in [5, 5.41) is 0. The molecular weight excluding hydrogens is 180 g/mol. The average molecular weight is 194 g/mol. The number of hydrogen-bond acceptors (Lipinski definition) is 4. The molecule has 0 spiro atoms. The minimum atomic E-state index is -0.135. The maximum absolute atomic E-state index is 5.87. The van der Waals surface area contributed by atoms with Crippen molar-refractivity contribution >= 4 is 0 Å². The van der Waals surface area contributed by atoms with Gasteiger partial charge in [0, 0.05) is 12.6 Å². The third kappa shape index (κ3) is 1.42. The van der Waals surface area contributed by atoms with Crippen LogP contribution in [0, 0.1) is 6.92 Å². The van der Waals surface area contributed by atoms with Gasteiger partial charge in [0.05, 0.1) is 0 Å². The van der Waals surface area contributed by atoms with Crippen molar-refractivity contribution in [1.82, 2.24) is 0 Å². The zero-order valence-electron chi connectivity index (χ0n) is 8.12. The van der Waals surface area contributed by atoms with Crippen molar-refractivity contribution in [3.63, 3.8) is 0 Å². The van der Waals surface area contributed by atoms with E-state index < -0.39 is 0 Å². The Morgan fingerprint density at radius 2 is 2.00 bits per heavy atom. The highest BCUT2D eigenvalue weighted by molar-refractivity contribution is 5.49. The molecule has 0 aliphatic carbocycles. The van der Waals surface area contributed by atoms with Crippen LogP contribution in [0.2, 0.25) is 0 Å². The molecule has 0 aromatic heterocycles. The Balaban J connectivity index is 2.42. The molecule has 0 radical (unpaired) electrons. The third-order valence-electron chi connectivity index (χ3n) is 2.41. The monoisotopic (exact) mass is 194 g/mol. The molecule has 0 bridgehead atoms. The predicted molar refractivity (Wildman–Crippen MR) is 53.3 cm³/mol. The Bertz CT molecular complexity index is 352. The second-order valence-electron chi connectivity index (χ2n) is 3.40. The van der Waals surface area contributed by atoms with Gasteiger partial charge in [-0.05, 0) is 30.2 Å². The van der Waals surface area contributed by atoms with E-state index in [1.807, 2.05) is 19.1 Å². The van der Waals surface area contributed by atoms with Crippen LogP contribution in [0.4, 0.5) is 0 Å². The second kappa shape index (κ2) is 3.48. The van der Waals surface area contributed by atoms with Crippen molar-refractivity contribution in [3.05, 3.63) is 23.3 Å². The summed E-state index contributed by atoms with van der Waals surface area (Å²) in [6.07, 6.45) is 0. The fraction of sp³-hybridized carbons (Fsp3) is 0.400. The van der Waals surface area contributed by atoms with E-state index in [2.05, 4.69) is 0 Å². The van der Waals surface area contributed by atoms with Crippen molar-refractivity contribution in [2.45, 2.75) is 13.0 Å². The van der Waals surface area contributed by atoms with Gasteiger partial charge in [-0.2, -0.15) is 0 Å². The minimum absolute atomic E-state index is 0.135. The largest absolute Gasteiger partial charge is 0.454 e. The van der Waals surface area contributed by atoms with Crippen LogP contribution < -0.4 is 20.9 Å². The molecular formula is C10H14N2O2. The standard InChI is InChI=1S/C10H14N2O2/c1-6-2-9-10(14-5-13-9)3-7(6)8(12)4-11/h2-3,8H,4-5,11-12H2,1H3/t8-/m1/s1. The SMILES string of the molecule is Cc1cc2c(cc1[C@H](N)CN)OCO2. The molecule has 1 aromatic rings. The number of benzene rings is 1. The Morgan fingerprint density at radius 3 is 2.64 bits per heavy atom. The summed E-state index contributed by atoms with van der Waals surface area (Å²) in [5.74, 6) is 1.55. The number of rotatable bonds is 2. The lowest BCUT2D eigenvalue weighted by Gasteiger charge is -2.13. The van der Waals surface area contributed by atoms with E-state index in [1.165, 1.54) is 0 Å². The number of hydrogen-bond donors (Lipinski definition) is 2. The molecule has 1 heterocycles. The molecule has 1 atom stereocenters. The molecule has 0 saturated heterocycles. The highest BCUT2D eigenvalue weighted by atomic mass is 16.7. The van der Waals surface area contributed by atoms with Gasteiger partial charge >= 0.3 is 0 Å². The topological polar surface area (TPSA) is 70.5 Å². The van der Waals surface area contributed by atoms with E-state index in [-0.39, 0.29) is 12.8 Å². The van der Waals surface area contributed by atoms with Crippen LogP contribution in [0.25, 0.3) is 0 Å². The molecule has 1 aliphatic heterocycles. The first kappa shape index (κ1) is 9.30. The van der Waals surface area contributed by atoms with E-state index in [1.54, 1.807) is 0 Å². The smallest absolute Gasteiger partial charge is 0.231 e. The van der Waals surface area contributed by atoms with Crippen molar-refractivity contribution in [2.75, 3.05) is 13.3 Å². The molecule has 0 unspecified atom stereocenters. The fourth-order valence-electron chi connectivity index (χ4n) is 1.59. The van der Waals surface area contributed by atoms with E-state index in [0.29, 0.717) is 6.54 Å². The lowest BCUT2D eigenvalue weighted by molar-refractivity contribution is 0.174. The zero-order valence-corrected chi connectivity index (χ0v) is 8.12. The first-order valence-corrected chi connectivity index (χ1v) is 4.58. The summed E-state index contributed by atoms with van der Waals surface area (Å²) in [7, 11) is 0. The van der Waals surface area contributed by atoms with Crippen LogP contribution in [0.5, 0.6) is 11.5 Å². The van der Waals surface area contributed by atoms with Crippen LogP contribution in [-0.2, 0) is 0 Å². The molecule has 76 valence electrons. The van der Waals surface area contributed by atoms with Gasteiger partial charge in [-0.3, -0.25) is 0 Å². The normalized spacial score (nSPS) is 15.6. The molecule has 0 amide bonds. The second-order valence-corrected chi connectivity index (χ2v) is 3.40. The summed E-state index contributed by atoms with van der Waals surface area (Å²) < 4.78 is 10.5. The van der Waals surface area contributed by atoms with Gasteiger partial charge in [-0.15, -0.1) is 0 Å². The predicted octanol–water partition coefficient (Wildman–Crippen LogP) is 0.682. The zero-order chi connectivity index (χ0) is 10.1. The molecule has 1 aromatic carbocycles. The Morgan fingerprint density at radius 1 is 1.36 bits per heavy atom. The van der Waals surface area contributed by atoms with Gasteiger partial charge < -0.3 is 20.9 Å². The van der Waals surface area contributed by atoms with Crippen LogP contribution in [-0.4, -0.2) is 13.3 Å². The molecule has 0 saturated carbocycles. The molecule has 1 aliphatic rings. The van der Waals surface area contributed by atoms with Crippen molar-refractivity contribution < 1.29 is 9.47 Å². The molecule has 0 fully saturated rings. The quantitative estimate of drug-likeness (QED) is 0.726. The number of ether oxygens (including phenoxy) is 2. The van der Waals surface area contributed by atoms with Crippen LogP contribution in [0.1, 0.15) is 17.2 Å². The Hall–Kier alpha value is -1.26. The maximum atomic E-state index is 5.87. The summed E-state index contributed by atoms with van der Waals surface area (Å²) in [4.78, 5) is 0. The van der Waals surface area contributed by atoms with Gasteiger partial charge in [-0.1, -0.05) is 0 Å². The summed E-state index contributed by atoms with van der Waals surface area (Å²) in [6.45, 7) is 2.71. The lowest BCUT2D eigenvalue weighted by atomic mass is 10.0. The third-order valence-corrected chi connectivity index (χ3v) is 2.41. The fourth-order valence-corrected chi connectivity index (χ4v) is 1.59. The number of nitrogens with two attached hydrogens (primary N) is 2. The molecule has 4 heteroatoms. The molecule has 2 rings (SSSR count). The van der Waals surface area contributed by atoms with E-state index in [4.69, 9.17) is 20.9 Å². The molecule has 4 nitrogen and oxygen atoms in total. The van der Waals surface area contributed by atoms with E-state index in [0.717, 1.165) is 22.6 Å². The first-order chi connectivity index (χ1) is 6.72. The van der Waals surface area contributed by atoms with Gasteiger partial charge in [0.2, 0.25) is 6.79 Å². The average Bonchev–Trinajstić information content (AvgIpc) is 2.62. The van der Waals surface area contributed by atoms with Crippen molar-refractivity contribution in [2.24, 2.45) is 11.5 Å². The molecule has 14 heavy (non-hydrogen) atoms. The van der Waals surface area contributed by atoms with E-state index >= 15 is 0 Å².